The van der Waals surface area contributed by atoms with Crippen LogP contribution >= 0.6 is 0 Å². The molecule has 0 aliphatic carbocycles. The second kappa shape index (κ2) is 14.7. The van der Waals surface area contributed by atoms with Crippen molar-refractivity contribution in [2.75, 3.05) is 19.8 Å². The van der Waals surface area contributed by atoms with Gasteiger partial charge in [0.2, 0.25) is 0 Å². The number of carbonyl (C=O) groups excluding carboxylic acids is 3. The molecule has 1 rings (SSSR count). The fourth-order valence-electron chi connectivity index (χ4n) is 1.68. The van der Waals surface area contributed by atoms with E-state index in [2.05, 4.69) is 16.0 Å². The molecule has 1 aromatic rings. The summed E-state index contributed by atoms with van der Waals surface area (Å²) >= 11 is 0. The summed E-state index contributed by atoms with van der Waals surface area (Å²) in [4.78, 5) is 44.8. The number of carbonyl (C=O) groups is 3. The standard InChI is InChI=1S/C8H12N2O2.C5H8O2.C3H8N2O2/c1-6-5-7(2)10(3-4-11)8(12)9-6;1-4(6)3-5(2)7;4-3(7)5-1-2-6/h5,11H,3-4H2,1-2H3;3H2,1-2H3;6H,1-2H2,(H3,4,5,7). The van der Waals surface area contributed by atoms with E-state index >= 15 is 0 Å². The van der Waals surface area contributed by atoms with Crippen molar-refractivity contribution in [2.45, 2.75) is 40.7 Å². The Balaban J connectivity index is 0. The molecule has 2 amide bonds. The summed E-state index contributed by atoms with van der Waals surface area (Å²) in [6.07, 6.45) is 0.0833. The second-order valence-corrected chi connectivity index (χ2v) is 5.29. The van der Waals surface area contributed by atoms with Gasteiger partial charge in [0.25, 0.3) is 0 Å². The number of primary amides is 1. The van der Waals surface area contributed by atoms with Gasteiger partial charge in [-0.05, 0) is 33.8 Å². The van der Waals surface area contributed by atoms with Crippen LogP contribution < -0.4 is 16.7 Å². The molecule has 26 heavy (non-hydrogen) atoms. The molecule has 0 saturated heterocycles. The van der Waals surface area contributed by atoms with Crippen molar-refractivity contribution in [1.82, 2.24) is 14.9 Å². The van der Waals surface area contributed by atoms with Gasteiger partial charge in [0.05, 0.1) is 26.2 Å². The van der Waals surface area contributed by atoms with Crippen LogP contribution in [0, 0.1) is 13.8 Å². The summed E-state index contributed by atoms with van der Waals surface area (Å²) in [5, 5.41) is 18.9. The van der Waals surface area contributed by atoms with Crippen molar-refractivity contribution < 1.29 is 24.6 Å². The Morgan fingerprint density at radius 2 is 1.69 bits per heavy atom. The van der Waals surface area contributed by atoms with Gasteiger partial charge in [-0.15, -0.1) is 0 Å². The Hall–Kier alpha value is -2.59. The average molecular weight is 372 g/mol. The molecule has 148 valence electrons. The van der Waals surface area contributed by atoms with Gasteiger partial charge >= 0.3 is 11.7 Å². The highest BCUT2D eigenvalue weighted by Crippen LogP contribution is 1.95. The zero-order valence-electron chi connectivity index (χ0n) is 15.6. The number of hydrogen-bond donors (Lipinski definition) is 4. The predicted octanol–water partition coefficient (Wildman–Crippen LogP) is -0.946. The number of hydrogen-bond acceptors (Lipinski definition) is 7. The third-order valence-electron chi connectivity index (χ3n) is 2.58. The number of aliphatic hydroxyl groups excluding tert-OH is 2. The second-order valence-electron chi connectivity index (χ2n) is 5.29. The average Bonchev–Trinajstić information content (AvgIpc) is 2.48. The monoisotopic (exact) mass is 372 g/mol. The molecular formula is C16H28N4O6. The van der Waals surface area contributed by atoms with Crippen LogP contribution in [0.25, 0.3) is 0 Å². The van der Waals surface area contributed by atoms with Crippen LogP contribution in [0.5, 0.6) is 0 Å². The first-order valence-electron chi connectivity index (χ1n) is 7.84. The van der Waals surface area contributed by atoms with Crippen molar-refractivity contribution >= 4 is 17.6 Å². The Labute approximate surface area is 152 Å². The van der Waals surface area contributed by atoms with Crippen molar-refractivity contribution in [3.63, 3.8) is 0 Å². The number of aryl methyl sites for hydroxylation is 2. The van der Waals surface area contributed by atoms with Crippen LogP contribution in [0.3, 0.4) is 0 Å². The normalized spacial score (nSPS) is 9.15. The molecule has 10 heteroatoms. The number of nitrogens with one attached hydrogen (secondary N) is 1. The molecule has 10 nitrogen and oxygen atoms in total. The lowest BCUT2D eigenvalue weighted by atomic mass is 10.2. The highest BCUT2D eigenvalue weighted by Gasteiger charge is 2.00. The molecule has 1 heterocycles. The highest BCUT2D eigenvalue weighted by molar-refractivity contribution is 5.96. The summed E-state index contributed by atoms with van der Waals surface area (Å²) in [6, 6.07) is 1.21. The van der Waals surface area contributed by atoms with E-state index in [1.165, 1.54) is 18.4 Å². The first-order valence-corrected chi connectivity index (χ1v) is 7.84. The highest BCUT2D eigenvalue weighted by atomic mass is 16.3. The first kappa shape index (κ1) is 25.6. The van der Waals surface area contributed by atoms with Crippen molar-refractivity contribution in [2.24, 2.45) is 5.73 Å². The summed E-state index contributed by atoms with van der Waals surface area (Å²) in [5.41, 5.74) is 5.88. The van der Waals surface area contributed by atoms with Crippen LogP contribution in [-0.2, 0) is 16.1 Å². The summed E-state index contributed by atoms with van der Waals surface area (Å²) in [7, 11) is 0. The third-order valence-corrected chi connectivity index (χ3v) is 2.58. The van der Waals surface area contributed by atoms with Gasteiger partial charge in [0.15, 0.2) is 0 Å². The Morgan fingerprint density at radius 3 is 1.96 bits per heavy atom. The van der Waals surface area contributed by atoms with E-state index in [0.29, 0.717) is 12.2 Å². The molecule has 0 aliphatic rings. The molecule has 0 radical (unpaired) electrons. The van der Waals surface area contributed by atoms with Crippen molar-refractivity contribution in [3.05, 3.63) is 27.9 Å². The minimum atomic E-state index is -0.603. The number of aromatic nitrogens is 2. The number of ketones is 2. The fraction of sp³-hybridized carbons (Fsp3) is 0.562. The molecular weight excluding hydrogens is 344 g/mol. The molecule has 1 aromatic heterocycles. The lowest BCUT2D eigenvalue weighted by Gasteiger charge is -2.06. The van der Waals surface area contributed by atoms with Crippen LogP contribution in [0.4, 0.5) is 4.79 Å². The topological polar surface area (TPSA) is 165 Å². The molecule has 0 aromatic carbocycles. The predicted molar refractivity (Wildman–Crippen MR) is 95.7 cm³/mol. The van der Waals surface area contributed by atoms with Crippen LogP contribution in [0.2, 0.25) is 0 Å². The molecule has 0 fully saturated rings. The Bertz CT molecular complexity index is 630. The number of amides is 2. The Kier molecular flexibility index (Phi) is 14.5. The van der Waals surface area contributed by atoms with E-state index in [4.69, 9.17) is 10.2 Å². The van der Waals surface area contributed by atoms with Crippen LogP contribution in [0.1, 0.15) is 31.7 Å². The third kappa shape index (κ3) is 15.0. The number of nitrogens with two attached hydrogens (primary N) is 1. The first-order chi connectivity index (χ1) is 12.0. The van der Waals surface area contributed by atoms with E-state index in [1.54, 1.807) is 6.92 Å². The van der Waals surface area contributed by atoms with Gasteiger partial charge in [0.1, 0.15) is 11.6 Å². The van der Waals surface area contributed by atoms with Gasteiger partial charge < -0.3 is 21.3 Å². The number of Topliss-reactive ketones (excluding diaryl/α,β-unsaturated/α-hetero) is 2. The molecule has 0 aliphatic heterocycles. The molecule has 0 unspecified atom stereocenters. The maximum atomic E-state index is 11.2. The molecule has 0 saturated carbocycles. The maximum absolute atomic E-state index is 11.2. The smallest absolute Gasteiger partial charge is 0.348 e. The summed E-state index contributed by atoms with van der Waals surface area (Å²) in [6.45, 7) is 6.86. The lowest BCUT2D eigenvalue weighted by molar-refractivity contribution is -0.124. The SMILES string of the molecule is CC(=O)CC(C)=O.Cc1cc(C)n(CCO)c(=O)n1.NC(=O)NCCO. The zero-order chi connectivity index (χ0) is 20.7. The van der Waals surface area contributed by atoms with E-state index in [0.717, 1.165) is 5.69 Å². The fourth-order valence-corrected chi connectivity index (χ4v) is 1.68. The molecule has 0 atom stereocenters. The molecule has 5 N–H and O–H groups in total. The van der Waals surface area contributed by atoms with Gasteiger partial charge in [-0.1, -0.05) is 0 Å². The van der Waals surface area contributed by atoms with Gasteiger partial charge in [-0.25, -0.2) is 9.59 Å². The number of nitrogens with zero attached hydrogens (tertiary/aromatic N) is 2. The zero-order valence-corrected chi connectivity index (χ0v) is 15.6. The van der Waals surface area contributed by atoms with Crippen molar-refractivity contribution in [3.8, 4) is 0 Å². The van der Waals surface area contributed by atoms with E-state index in [-0.39, 0.29) is 43.4 Å². The quantitative estimate of drug-likeness (QED) is 0.467. The lowest BCUT2D eigenvalue weighted by Crippen LogP contribution is -2.31. The van der Waals surface area contributed by atoms with Gasteiger partial charge in [0, 0.05) is 17.9 Å². The largest absolute Gasteiger partial charge is 0.395 e. The van der Waals surface area contributed by atoms with Crippen LogP contribution in [-0.4, -0.2) is 57.1 Å². The van der Waals surface area contributed by atoms with E-state index in [1.807, 2.05) is 13.0 Å². The minimum absolute atomic E-state index is 0.0362. The number of aliphatic hydroxyl groups is 2. The molecule has 0 bridgehead atoms. The van der Waals surface area contributed by atoms with Gasteiger partial charge in [-0.2, -0.15) is 4.98 Å². The van der Waals surface area contributed by atoms with Gasteiger partial charge in [-0.3, -0.25) is 14.2 Å². The summed E-state index contributed by atoms with van der Waals surface area (Å²) in [5.74, 6) is -0.125. The minimum Gasteiger partial charge on any atom is -0.395 e. The number of urea groups is 1. The number of rotatable bonds is 6. The maximum Gasteiger partial charge on any atom is 0.348 e. The summed E-state index contributed by atoms with van der Waals surface area (Å²) < 4.78 is 1.45. The van der Waals surface area contributed by atoms with Crippen molar-refractivity contribution in [1.29, 1.82) is 0 Å². The van der Waals surface area contributed by atoms with E-state index in [9.17, 15) is 19.2 Å². The van der Waals surface area contributed by atoms with E-state index < -0.39 is 6.03 Å². The van der Waals surface area contributed by atoms with Crippen LogP contribution in [0.15, 0.2) is 10.9 Å². The Morgan fingerprint density at radius 1 is 1.15 bits per heavy atom. The molecule has 0 spiro atoms.